The van der Waals surface area contributed by atoms with Gasteiger partial charge in [-0.3, -0.25) is 4.79 Å². The fraction of sp³-hybridized carbons (Fsp3) is 0.0400. The first-order valence-electron chi connectivity index (χ1n) is 9.84. The molecule has 1 N–H and O–H groups in total. The molecule has 5 aromatic rings. The number of anilines is 1. The van der Waals surface area contributed by atoms with E-state index in [-0.39, 0.29) is 12.5 Å². The lowest BCUT2D eigenvalue weighted by atomic mass is 10.0. The first-order valence-corrected chi connectivity index (χ1v) is 10.6. The molecule has 32 heavy (non-hydrogen) atoms. The van der Waals surface area contributed by atoms with Crippen molar-refractivity contribution in [2.24, 2.45) is 0 Å². The minimum Gasteiger partial charge on any atom is -0.482 e. The van der Waals surface area contributed by atoms with Crippen molar-refractivity contribution in [2.75, 3.05) is 11.9 Å². The Balaban J connectivity index is 1.37. The molecule has 4 aromatic carbocycles. The van der Waals surface area contributed by atoms with Crippen molar-refractivity contribution < 1.29 is 13.9 Å². The molecule has 5 nitrogen and oxygen atoms in total. The molecular weight excluding hydrogens is 447 g/mol. The summed E-state index contributed by atoms with van der Waals surface area (Å²) in [7, 11) is 0. The van der Waals surface area contributed by atoms with Crippen LogP contribution in [0.25, 0.3) is 33.3 Å². The molecule has 5 rings (SSSR count). The molecule has 0 spiro atoms. The molecule has 0 radical (unpaired) electrons. The van der Waals surface area contributed by atoms with Crippen molar-refractivity contribution in [3.05, 3.63) is 88.9 Å². The monoisotopic (exact) mass is 462 g/mol. The van der Waals surface area contributed by atoms with Gasteiger partial charge in [-0.05, 0) is 47.9 Å². The lowest BCUT2D eigenvalue weighted by Crippen LogP contribution is -2.20. The van der Waals surface area contributed by atoms with E-state index in [0.29, 0.717) is 38.5 Å². The summed E-state index contributed by atoms with van der Waals surface area (Å²) < 4.78 is 11.5. The molecule has 7 heteroatoms. The fourth-order valence-electron chi connectivity index (χ4n) is 3.48. The minimum absolute atomic E-state index is 0.164. The average molecular weight is 463 g/mol. The second kappa shape index (κ2) is 8.54. The number of ether oxygens (including phenoxy) is 1. The zero-order valence-corrected chi connectivity index (χ0v) is 18.2. The number of aromatic nitrogens is 1. The Kier molecular flexibility index (Phi) is 5.43. The van der Waals surface area contributed by atoms with Crippen molar-refractivity contribution >= 4 is 56.7 Å². The molecule has 0 saturated carbocycles. The Hall–Kier alpha value is -3.54. The predicted molar refractivity (Wildman–Crippen MR) is 128 cm³/mol. The maximum atomic E-state index is 12.3. The molecular formula is C25H16Cl2N2O3. The average Bonchev–Trinajstić information content (AvgIpc) is 3.22. The van der Waals surface area contributed by atoms with Gasteiger partial charge in [0, 0.05) is 21.7 Å². The standard InChI is InChI=1S/C25H16Cl2N2O3/c26-19-9-4-5-16-17(19)6-3-7-18(16)25-29-21-13-15(11-12-23(21)32-25)28-24(30)14-31-22-10-2-1-8-20(22)27/h1-13H,14H2,(H,28,30). The number of oxazole rings is 1. The Morgan fingerprint density at radius 1 is 0.906 bits per heavy atom. The third kappa shape index (κ3) is 4.00. The van der Waals surface area contributed by atoms with E-state index >= 15 is 0 Å². The number of rotatable bonds is 5. The number of benzene rings is 4. The number of carbonyl (C=O) groups excluding carboxylic acids is 1. The summed E-state index contributed by atoms with van der Waals surface area (Å²) in [5.41, 5.74) is 2.68. The van der Waals surface area contributed by atoms with Crippen LogP contribution < -0.4 is 10.1 Å². The molecule has 0 aliphatic heterocycles. The SMILES string of the molecule is O=C(COc1ccccc1Cl)Nc1ccc2oc(-c3cccc4c(Cl)cccc34)nc2c1. The van der Waals surface area contributed by atoms with Crippen molar-refractivity contribution in [1.82, 2.24) is 4.98 Å². The van der Waals surface area contributed by atoms with Crippen LogP contribution in [0.5, 0.6) is 5.75 Å². The second-order valence-electron chi connectivity index (χ2n) is 7.11. The van der Waals surface area contributed by atoms with E-state index in [2.05, 4.69) is 10.3 Å². The van der Waals surface area contributed by atoms with Crippen LogP contribution >= 0.6 is 23.2 Å². The number of carbonyl (C=O) groups is 1. The number of para-hydroxylation sites is 1. The predicted octanol–water partition coefficient (Wildman–Crippen LogP) is 6.97. The van der Waals surface area contributed by atoms with Crippen molar-refractivity contribution in [2.45, 2.75) is 0 Å². The topological polar surface area (TPSA) is 64.4 Å². The first-order chi connectivity index (χ1) is 15.6. The fourth-order valence-corrected chi connectivity index (χ4v) is 3.91. The number of nitrogens with one attached hydrogen (secondary N) is 1. The molecule has 0 bridgehead atoms. The van der Waals surface area contributed by atoms with Gasteiger partial charge in [-0.2, -0.15) is 0 Å². The van der Waals surface area contributed by atoms with E-state index in [9.17, 15) is 4.79 Å². The Morgan fingerprint density at radius 2 is 1.69 bits per heavy atom. The molecule has 0 aliphatic carbocycles. The van der Waals surface area contributed by atoms with Gasteiger partial charge in [0.25, 0.3) is 5.91 Å². The van der Waals surface area contributed by atoms with Gasteiger partial charge in [0.1, 0.15) is 11.3 Å². The van der Waals surface area contributed by atoms with Crippen LogP contribution in [0.1, 0.15) is 0 Å². The lowest BCUT2D eigenvalue weighted by Gasteiger charge is -2.08. The third-order valence-electron chi connectivity index (χ3n) is 4.97. The number of hydrogen-bond acceptors (Lipinski definition) is 4. The van der Waals surface area contributed by atoms with Gasteiger partial charge in [-0.15, -0.1) is 0 Å². The number of halogens is 2. The normalized spacial score (nSPS) is 11.1. The zero-order valence-electron chi connectivity index (χ0n) is 16.6. The summed E-state index contributed by atoms with van der Waals surface area (Å²) in [6, 6.07) is 23.8. The second-order valence-corrected chi connectivity index (χ2v) is 7.92. The van der Waals surface area contributed by atoms with E-state index in [4.69, 9.17) is 32.4 Å². The Labute approximate surface area is 193 Å². The summed E-state index contributed by atoms with van der Waals surface area (Å²) in [4.78, 5) is 16.9. The highest BCUT2D eigenvalue weighted by atomic mass is 35.5. The summed E-state index contributed by atoms with van der Waals surface area (Å²) in [5.74, 6) is 0.631. The number of amides is 1. The van der Waals surface area contributed by atoms with E-state index < -0.39 is 0 Å². The minimum atomic E-state index is -0.309. The van der Waals surface area contributed by atoms with E-state index in [1.807, 2.05) is 36.4 Å². The van der Waals surface area contributed by atoms with Gasteiger partial charge in [0.15, 0.2) is 12.2 Å². The molecule has 1 amide bonds. The van der Waals surface area contributed by atoms with Crippen LogP contribution in [-0.2, 0) is 4.79 Å². The Bertz CT molecular complexity index is 1460. The van der Waals surface area contributed by atoms with Crippen LogP contribution in [0.3, 0.4) is 0 Å². The highest BCUT2D eigenvalue weighted by Gasteiger charge is 2.14. The largest absolute Gasteiger partial charge is 0.482 e. The third-order valence-corrected chi connectivity index (χ3v) is 5.61. The maximum Gasteiger partial charge on any atom is 0.262 e. The van der Waals surface area contributed by atoms with Gasteiger partial charge < -0.3 is 14.5 Å². The Morgan fingerprint density at radius 3 is 2.56 bits per heavy atom. The first kappa shape index (κ1) is 20.4. The van der Waals surface area contributed by atoms with Crippen molar-refractivity contribution in [3.63, 3.8) is 0 Å². The van der Waals surface area contributed by atoms with Crippen LogP contribution in [0.15, 0.2) is 83.3 Å². The molecule has 1 aromatic heterocycles. The van der Waals surface area contributed by atoms with E-state index in [1.54, 1.807) is 42.5 Å². The van der Waals surface area contributed by atoms with Crippen LogP contribution in [-0.4, -0.2) is 17.5 Å². The molecule has 0 atom stereocenters. The van der Waals surface area contributed by atoms with Gasteiger partial charge in [0.05, 0.1) is 5.02 Å². The van der Waals surface area contributed by atoms with E-state index in [0.717, 1.165) is 16.3 Å². The molecule has 0 unspecified atom stereocenters. The summed E-state index contributed by atoms with van der Waals surface area (Å²) in [6.07, 6.45) is 0. The highest BCUT2D eigenvalue weighted by Crippen LogP contribution is 2.34. The molecule has 1 heterocycles. The molecule has 0 aliphatic rings. The van der Waals surface area contributed by atoms with Crippen LogP contribution in [0.2, 0.25) is 10.0 Å². The summed E-state index contributed by atoms with van der Waals surface area (Å²) in [6.45, 7) is -0.164. The van der Waals surface area contributed by atoms with Crippen LogP contribution in [0, 0.1) is 0 Å². The van der Waals surface area contributed by atoms with Gasteiger partial charge in [-0.1, -0.05) is 59.6 Å². The van der Waals surface area contributed by atoms with E-state index in [1.165, 1.54) is 0 Å². The van der Waals surface area contributed by atoms with Crippen molar-refractivity contribution in [1.29, 1.82) is 0 Å². The van der Waals surface area contributed by atoms with Crippen LogP contribution in [0.4, 0.5) is 5.69 Å². The highest BCUT2D eigenvalue weighted by molar-refractivity contribution is 6.35. The quantitative estimate of drug-likeness (QED) is 0.306. The molecule has 0 fully saturated rings. The molecule has 158 valence electrons. The van der Waals surface area contributed by atoms with Crippen molar-refractivity contribution in [3.8, 4) is 17.2 Å². The lowest BCUT2D eigenvalue weighted by molar-refractivity contribution is -0.118. The van der Waals surface area contributed by atoms with Gasteiger partial charge >= 0.3 is 0 Å². The van der Waals surface area contributed by atoms with Gasteiger partial charge in [-0.25, -0.2) is 4.98 Å². The summed E-state index contributed by atoms with van der Waals surface area (Å²) >= 11 is 12.4. The number of hydrogen-bond donors (Lipinski definition) is 1. The summed E-state index contributed by atoms with van der Waals surface area (Å²) in [5, 5.41) is 5.81. The number of fused-ring (bicyclic) bond motifs is 2. The number of nitrogens with zero attached hydrogens (tertiary/aromatic N) is 1. The smallest absolute Gasteiger partial charge is 0.262 e. The zero-order chi connectivity index (χ0) is 22.1. The van der Waals surface area contributed by atoms with Gasteiger partial charge in [0.2, 0.25) is 5.89 Å². The maximum absolute atomic E-state index is 12.3. The molecule has 0 saturated heterocycles.